The predicted octanol–water partition coefficient (Wildman–Crippen LogP) is 5.47. The van der Waals surface area contributed by atoms with Crippen LogP contribution in [0.4, 0.5) is 27.5 Å². The molecule has 0 bridgehead atoms. The first-order valence-corrected chi connectivity index (χ1v) is 14.8. The Kier molecular flexibility index (Phi) is 11.2. The number of benzene rings is 3. The van der Waals surface area contributed by atoms with Gasteiger partial charge in [0.05, 0.1) is 50.7 Å². The van der Waals surface area contributed by atoms with E-state index in [0.717, 1.165) is 9.87 Å². The van der Waals surface area contributed by atoms with Crippen molar-refractivity contribution in [1.82, 2.24) is 4.98 Å². The van der Waals surface area contributed by atoms with Gasteiger partial charge in [-0.3, -0.25) is 23.4 Å². The molecule has 0 spiro atoms. The van der Waals surface area contributed by atoms with Gasteiger partial charge in [-0.2, -0.15) is 0 Å². The summed E-state index contributed by atoms with van der Waals surface area (Å²) in [7, 11) is 2.71. The number of anilines is 4. The van der Waals surface area contributed by atoms with Crippen LogP contribution in [-0.4, -0.2) is 45.9 Å². The number of pyridine rings is 1. The molecule has 234 valence electrons. The summed E-state index contributed by atoms with van der Waals surface area (Å²) in [6.45, 7) is 1.89. The second-order valence-corrected chi connectivity index (χ2v) is 10.7. The average molecular weight is 632 g/mol. The van der Waals surface area contributed by atoms with Gasteiger partial charge in [0.2, 0.25) is 5.91 Å². The van der Waals surface area contributed by atoms with Gasteiger partial charge in [-0.1, -0.05) is 36.4 Å². The number of nitrogens with zero attached hydrogens (tertiary/aromatic N) is 2. The summed E-state index contributed by atoms with van der Waals surface area (Å²) in [6, 6.07) is 21.0. The van der Waals surface area contributed by atoms with Crippen molar-refractivity contribution in [3.63, 3.8) is 0 Å². The average Bonchev–Trinajstić information content (AvgIpc) is 3.03. The van der Waals surface area contributed by atoms with Crippen molar-refractivity contribution < 1.29 is 32.6 Å². The number of methoxy groups -OCH3 is 2. The Morgan fingerprint density at radius 2 is 1.67 bits per heavy atom. The molecule has 3 aromatic carbocycles. The van der Waals surface area contributed by atoms with E-state index in [2.05, 4.69) is 20.9 Å². The highest BCUT2D eigenvalue weighted by Crippen LogP contribution is 2.32. The van der Waals surface area contributed by atoms with E-state index in [1.165, 1.54) is 26.6 Å². The summed E-state index contributed by atoms with van der Waals surface area (Å²) in [6.07, 6.45) is 2.77. The first kappa shape index (κ1) is 32.6. The van der Waals surface area contributed by atoms with Crippen molar-refractivity contribution in [1.29, 1.82) is 0 Å². The molecule has 2 unspecified atom stereocenters. The minimum atomic E-state index is -2.48. The molecule has 4 aromatic rings. The number of ether oxygens (including phenoxy) is 2. The summed E-state index contributed by atoms with van der Waals surface area (Å²) in [5.41, 5.74) is 4.07. The van der Waals surface area contributed by atoms with E-state index in [4.69, 9.17) is 9.47 Å². The van der Waals surface area contributed by atoms with Gasteiger partial charge in [-0.05, 0) is 66.1 Å². The SMILES string of the molecule is COC(=O)CC(c1ccc(NC(=O)Cc2ccc(NC(=O)Nc3ccccc3C)c(OC)c2)cc1)N(c1cccnc1)S(=O)O. The van der Waals surface area contributed by atoms with Crippen LogP contribution in [0.15, 0.2) is 91.3 Å². The van der Waals surface area contributed by atoms with Gasteiger partial charge in [0.15, 0.2) is 0 Å². The molecule has 0 aliphatic rings. The number of carbonyl (C=O) groups is 3. The van der Waals surface area contributed by atoms with Gasteiger partial charge in [0, 0.05) is 17.6 Å². The molecule has 4 rings (SSSR count). The maximum Gasteiger partial charge on any atom is 0.323 e. The second-order valence-electron chi connectivity index (χ2n) is 9.84. The quantitative estimate of drug-likeness (QED) is 0.118. The number of hydrogen-bond acceptors (Lipinski definition) is 7. The van der Waals surface area contributed by atoms with Crippen LogP contribution in [0.25, 0.3) is 0 Å². The summed E-state index contributed by atoms with van der Waals surface area (Å²) >= 11 is -2.48. The Hall–Kier alpha value is -5.27. The summed E-state index contributed by atoms with van der Waals surface area (Å²) in [5, 5.41) is 8.39. The largest absolute Gasteiger partial charge is 0.495 e. The van der Waals surface area contributed by atoms with E-state index < -0.39 is 29.3 Å². The molecule has 0 saturated carbocycles. The number of esters is 1. The molecule has 45 heavy (non-hydrogen) atoms. The zero-order valence-corrected chi connectivity index (χ0v) is 25.7. The van der Waals surface area contributed by atoms with Crippen LogP contribution in [0.1, 0.15) is 29.2 Å². The van der Waals surface area contributed by atoms with Gasteiger partial charge >= 0.3 is 12.0 Å². The summed E-state index contributed by atoms with van der Waals surface area (Å²) in [5.74, 6) is -0.483. The minimum Gasteiger partial charge on any atom is -0.495 e. The highest BCUT2D eigenvalue weighted by Gasteiger charge is 2.28. The number of rotatable bonds is 12. The van der Waals surface area contributed by atoms with Crippen molar-refractivity contribution in [2.24, 2.45) is 0 Å². The van der Waals surface area contributed by atoms with E-state index in [9.17, 15) is 23.1 Å². The summed E-state index contributed by atoms with van der Waals surface area (Å²) in [4.78, 5) is 41.7. The summed E-state index contributed by atoms with van der Waals surface area (Å²) < 4.78 is 33.9. The molecule has 1 aromatic heterocycles. The number of nitrogens with one attached hydrogen (secondary N) is 3. The Morgan fingerprint density at radius 3 is 2.31 bits per heavy atom. The third kappa shape index (κ3) is 8.87. The molecule has 2 atom stereocenters. The lowest BCUT2D eigenvalue weighted by Crippen LogP contribution is -2.32. The first-order valence-electron chi connectivity index (χ1n) is 13.8. The lowest BCUT2D eigenvalue weighted by atomic mass is 10.0. The molecule has 1 heterocycles. The lowest BCUT2D eigenvalue weighted by Gasteiger charge is -2.29. The van der Waals surface area contributed by atoms with Crippen molar-refractivity contribution >= 4 is 51.9 Å². The van der Waals surface area contributed by atoms with Crippen molar-refractivity contribution in [3.8, 4) is 5.75 Å². The number of aromatic nitrogens is 1. The molecule has 13 heteroatoms. The second kappa shape index (κ2) is 15.5. The van der Waals surface area contributed by atoms with Crippen LogP contribution < -0.4 is 25.0 Å². The van der Waals surface area contributed by atoms with Gasteiger partial charge in [0.25, 0.3) is 11.3 Å². The van der Waals surface area contributed by atoms with Crippen LogP contribution in [0.3, 0.4) is 0 Å². The number of aryl methyl sites for hydroxylation is 1. The number of para-hydroxylation sites is 1. The predicted molar refractivity (Wildman–Crippen MR) is 172 cm³/mol. The Labute approximate surface area is 263 Å². The van der Waals surface area contributed by atoms with E-state index in [1.54, 1.807) is 60.7 Å². The zero-order chi connectivity index (χ0) is 32.3. The Morgan fingerprint density at radius 1 is 0.933 bits per heavy atom. The van der Waals surface area contributed by atoms with Crippen LogP contribution >= 0.6 is 0 Å². The molecular formula is C32H33N5O7S. The van der Waals surface area contributed by atoms with E-state index in [-0.39, 0.29) is 18.7 Å². The maximum atomic E-state index is 12.9. The third-order valence-electron chi connectivity index (χ3n) is 6.79. The van der Waals surface area contributed by atoms with Crippen molar-refractivity contribution in [2.45, 2.75) is 25.8 Å². The van der Waals surface area contributed by atoms with Gasteiger partial charge < -0.3 is 25.4 Å². The number of urea groups is 1. The standard InChI is InChI=1S/C32H33N5O7S/c1-21-7-4-5-9-26(21)35-32(40)36-27-15-10-22(17-29(27)43-2)18-30(38)34-24-13-11-23(12-14-24)28(19-31(39)44-3)37(45(41)42)25-8-6-16-33-20-25/h4-17,20,28H,18-19H2,1-3H3,(H,34,38)(H,41,42)(H2,35,36,40). The monoisotopic (exact) mass is 631 g/mol. The van der Waals surface area contributed by atoms with Crippen LogP contribution in [0.2, 0.25) is 0 Å². The number of amides is 3. The number of hydrogen-bond donors (Lipinski definition) is 4. The van der Waals surface area contributed by atoms with Crippen LogP contribution in [0.5, 0.6) is 5.75 Å². The molecule has 0 aliphatic carbocycles. The number of carbonyl (C=O) groups excluding carboxylic acids is 3. The lowest BCUT2D eigenvalue weighted by molar-refractivity contribution is -0.141. The van der Waals surface area contributed by atoms with E-state index >= 15 is 0 Å². The van der Waals surface area contributed by atoms with Gasteiger partial charge in [-0.15, -0.1) is 0 Å². The fourth-order valence-corrected chi connectivity index (χ4v) is 5.26. The fourth-order valence-electron chi connectivity index (χ4n) is 4.56. The fraction of sp³-hybridized carbons (Fsp3) is 0.188. The van der Waals surface area contributed by atoms with E-state index in [0.29, 0.717) is 39.6 Å². The van der Waals surface area contributed by atoms with E-state index in [1.807, 2.05) is 25.1 Å². The van der Waals surface area contributed by atoms with Crippen LogP contribution in [-0.2, 0) is 32.0 Å². The zero-order valence-electron chi connectivity index (χ0n) is 24.9. The molecule has 4 N–H and O–H groups in total. The maximum absolute atomic E-state index is 12.9. The molecule has 0 fully saturated rings. The molecule has 0 radical (unpaired) electrons. The van der Waals surface area contributed by atoms with Gasteiger partial charge in [0.1, 0.15) is 5.75 Å². The van der Waals surface area contributed by atoms with Gasteiger partial charge in [-0.25, -0.2) is 9.00 Å². The third-order valence-corrected chi connectivity index (χ3v) is 7.59. The van der Waals surface area contributed by atoms with Crippen molar-refractivity contribution in [2.75, 3.05) is 34.5 Å². The molecule has 0 aliphatic heterocycles. The normalized spacial score (nSPS) is 11.9. The Bertz CT molecular complexity index is 1670. The molecule has 3 amide bonds. The van der Waals surface area contributed by atoms with Crippen LogP contribution in [0, 0.1) is 6.92 Å². The van der Waals surface area contributed by atoms with Crippen molar-refractivity contribution in [3.05, 3.63) is 108 Å². The minimum absolute atomic E-state index is 0.0248. The Balaban J connectivity index is 1.43. The first-order chi connectivity index (χ1) is 21.7. The molecule has 12 nitrogen and oxygen atoms in total. The highest BCUT2D eigenvalue weighted by atomic mass is 32.2. The smallest absolute Gasteiger partial charge is 0.323 e. The molecule has 0 saturated heterocycles. The topological polar surface area (TPSA) is 159 Å². The molecular weight excluding hydrogens is 598 g/mol. The highest BCUT2D eigenvalue weighted by molar-refractivity contribution is 7.80.